The summed E-state index contributed by atoms with van der Waals surface area (Å²) in [6, 6.07) is 7.85. The Balaban J connectivity index is 1.73. The zero-order valence-electron chi connectivity index (χ0n) is 9.42. The number of hydrogen-bond donors (Lipinski definition) is 1. The third-order valence-electron chi connectivity index (χ3n) is 2.97. The van der Waals surface area contributed by atoms with E-state index in [4.69, 9.17) is 16.3 Å². The molecule has 1 atom stereocenters. The average Bonchev–Trinajstić information content (AvgIpc) is 2.33. The second kappa shape index (κ2) is 6.24. The number of halogens is 1. The molecule has 1 N–H and O–H groups in total. The summed E-state index contributed by atoms with van der Waals surface area (Å²) in [7, 11) is 0. The molecule has 2 nitrogen and oxygen atoms in total. The first kappa shape index (κ1) is 11.9. The van der Waals surface area contributed by atoms with E-state index in [-0.39, 0.29) is 0 Å². The van der Waals surface area contributed by atoms with Gasteiger partial charge in [0.2, 0.25) is 0 Å². The van der Waals surface area contributed by atoms with E-state index in [1.165, 1.54) is 12.8 Å². The van der Waals surface area contributed by atoms with Gasteiger partial charge in [-0.2, -0.15) is 0 Å². The molecule has 0 aromatic heterocycles. The molecule has 88 valence electrons. The lowest BCUT2D eigenvalue weighted by molar-refractivity contribution is 0.0783. The summed E-state index contributed by atoms with van der Waals surface area (Å²) in [6.07, 6.45) is 2.54. The van der Waals surface area contributed by atoms with E-state index in [1.54, 1.807) is 0 Å². The normalized spacial score (nSPS) is 20.9. The Bertz CT molecular complexity index is 323. The Morgan fingerprint density at radius 3 is 3.00 bits per heavy atom. The van der Waals surface area contributed by atoms with Gasteiger partial charge in [-0.15, -0.1) is 0 Å². The molecule has 0 spiro atoms. The molecule has 1 fully saturated rings. The van der Waals surface area contributed by atoms with Gasteiger partial charge < -0.3 is 10.1 Å². The Labute approximate surface area is 102 Å². The van der Waals surface area contributed by atoms with Crippen LogP contribution in [0.1, 0.15) is 18.4 Å². The molecule has 1 aromatic carbocycles. The topological polar surface area (TPSA) is 21.3 Å². The van der Waals surface area contributed by atoms with Crippen LogP contribution >= 0.6 is 11.6 Å². The number of nitrogens with one attached hydrogen (secondary N) is 1. The van der Waals surface area contributed by atoms with Gasteiger partial charge in [-0.3, -0.25) is 0 Å². The minimum atomic E-state index is 0.621. The van der Waals surface area contributed by atoms with Gasteiger partial charge in [0.25, 0.3) is 0 Å². The quantitative estimate of drug-likeness (QED) is 0.873. The lowest BCUT2D eigenvalue weighted by Gasteiger charge is -2.22. The standard InChI is InChI=1S/C13H18ClNO/c14-13-6-2-1-5-12(13)10-16-9-11-4-3-7-15-8-11/h1-2,5-6,11,15H,3-4,7-10H2/t11-/m0/s1. The number of piperidine rings is 1. The molecular formula is C13H18ClNO. The molecule has 0 unspecified atom stereocenters. The molecule has 0 aliphatic carbocycles. The summed E-state index contributed by atoms with van der Waals surface area (Å²) in [5.74, 6) is 0.663. The van der Waals surface area contributed by atoms with Gasteiger partial charge in [-0.25, -0.2) is 0 Å². The van der Waals surface area contributed by atoms with Crippen LogP contribution in [0.2, 0.25) is 5.02 Å². The molecule has 1 aliphatic heterocycles. The van der Waals surface area contributed by atoms with Crippen LogP contribution in [0.4, 0.5) is 0 Å². The summed E-state index contributed by atoms with van der Waals surface area (Å²) in [5, 5.41) is 4.18. The Hall–Kier alpha value is -0.570. The van der Waals surface area contributed by atoms with Crippen LogP contribution in [0.5, 0.6) is 0 Å². The second-order valence-corrected chi connectivity index (χ2v) is 4.73. The predicted octanol–water partition coefficient (Wildman–Crippen LogP) is 2.86. The average molecular weight is 240 g/mol. The van der Waals surface area contributed by atoms with Gasteiger partial charge in [-0.1, -0.05) is 29.8 Å². The lowest BCUT2D eigenvalue weighted by atomic mass is 10.0. The van der Waals surface area contributed by atoms with E-state index < -0.39 is 0 Å². The molecule has 3 heteroatoms. The SMILES string of the molecule is Clc1ccccc1COC[C@H]1CCCNC1. The molecule has 1 saturated heterocycles. The van der Waals surface area contributed by atoms with E-state index in [2.05, 4.69) is 5.32 Å². The van der Waals surface area contributed by atoms with Crippen molar-refractivity contribution in [1.29, 1.82) is 0 Å². The van der Waals surface area contributed by atoms with Gasteiger partial charge >= 0.3 is 0 Å². The van der Waals surface area contributed by atoms with Crippen LogP contribution in [0.3, 0.4) is 0 Å². The van der Waals surface area contributed by atoms with Crippen molar-refractivity contribution in [2.75, 3.05) is 19.7 Å². The molecule has 16 heavy (non-hydrogen) atoms. The Kier molecular flexibility index (Phi) is 4.64. The van der Waals surface area contributed by atoms with Crippen molar-refractivity contribution < 1.29 is 4.74 Å². The van der Waals surface area contributed by atoms with Crippen molar-refractivity contribution in [2.24, 2.45) is 5.92 Å². The zero-order chi connectivity index (χ0) is 11.2. The fourth-order valence-electron chi connectivity index (χ4n) is 2.02. The van der Waals surface area contributed by atoms with E-state index in [0.29, 0.717) is 12.5 Å². The maximum absolute atomic E-state index is 6.05. The zero-order valence-corrected chi connectivity index (χ0v) is 10.2. The van der Waals surface area contributed by atoms with Crippen LogP contribution in [-0.2, 0) is 11.3 Å². The van der Waals surface area contributed by atoms with Crippen molar-refractivity contribution in [3.05, 3.63) is 34.9 Å². The first-order chi connectivity index (χ1) is 7.86. The number of benzene rings is 1. The highest BCUT2D eigenvalue weighted by molar-refractivity contribution is 6.31. The molecular weight excluding hydrogens is 222 g/mol. The van der Waals surface area contributed by atoms with Crippen molar-refractivity contribution in [1.82, 2.24) is 5.32 Å². The minimum absolute atomic E-state index is 0.621. The van der Waals surface area contributed by atoms with Gasteiger partial charge in [0.1, 0.15) is 0 Å². The van der Waals surface area contributed by atoms with Crippen molar-refractivity contribution >= 4 is 11.6 Å². The first-order valence-corrected chi connectivity index (χ1v) is 6.26. The maximum Gasteiger partial charge on any atom is 0.0731 e. The number of hydrogen-bond acceptors (Lipinski definition) is 2. The smallest absolute Gasteiger partial charge is 0.0731 e. The molecule has 1 heterocycles. The molecule has 1 aromatic rings. The molecule has 1 aliphatic rings. The minimum Gasteiger partial charge on any atom is -0.376 e. The second-order valence-electron chi connectivity index (χ2n) is 4.32. The van der Waals surface area contributed by atoms with Crippen molar-refractivity contribution in [3.63, 3.8) is 0 Å². The Morgan fingerprint density at radius 1 is 1.38 bits per heavy atom. The number of rotatable bonds is 4. The van der Waals surface area contributed by atoms with Crippen molar-refractivity contribution in [3.8, 4) is 0 Å². The van der Waals surface area contributed by atoms with Gasteiger partial charge in [-0.05, 0) is 36.9 Å². The van der Waals surface area contributed by atoms with Crippen LogP contribution in [0.15, 0.2) is 24.3 Å². The summed E-state index contributed by atoms with van der Waals surface area (Å²) >= 11 is 6.05. The van der Waals surface area contributed by atoms with E-state index in [0.717, 1.165) is 30.3 Å². The molecule has 2 rings (SSSR count). The lowest BCUT2D eigenvalue weighted by Crippen LogP contribution is -2.32. The first-order valence-electron chi connectivity index (χ1n) is 5.88. The fourth-order valence-corrected chi connectivity index (χ4v) is 2.21. The van der Waals surface area contributed by atoms with Crippen LogP contribution in [0, 0.1) is 5.92 Å². The maximum atomic E-state index is 6.05. The fraction of sp³-hybridized carbons (Fsp3) is 0.538. The highest BCUT2D eigenvalue weighted by Crippen LogP contribution is 2.17. The molecule has 0 bridgehead atoms. The third kappa shape index (κ3) is 3.48. The molecule has 0 saturated carbocycles. The predicted molar refractivity (Wildman–Crippen MR) is 66.7 cm³/mol. The van der Waals surface area contributed by atoms with Gasteiger partial charge in [0.15, 0.2) is 0 Å². The van der Waals surface area contributed by atoms with E-state index >= 15 is 0 Å². The van der Waals surface area contributed by atoms with E-state index in [1.807, 2.05) is 24.3 Å². The van der Waals surface area contributed by atoms with Gasteiger partial charge in [0.05, 0.1) is 13.2 Å². The summed E-state index contributed by atoms with van der Waals surface area (Å²) < 4.78 is 5.72. The summed E-state index contributed by atoms with van der Waals surface area (Å²) in [4.78, 5) is 0. The molecule has 0 amide bonds. The van der Waals surface area contributed by atoms with Crippen LogP contribution in [0.25, 0.3) is 0 Å². The summed E-state index contributed by atoms with van der Waals surface area (Å²) in [6.45, 7) is 3.69. The van der Waals surface area contributed by atoms with E-state index in [9.17, 15) is 0 Å². The highest BCUT2D eigenvalue weighted by Gasteiger charge is 2.12. The Morgan fingerprint density at radius 2 is 2.25 bits per heavy atom. The monoisotopic (exact) mass is 239 g/mol. The van der Waals surface area contributed by atoms with Gasteiger partial charge in [0, 0.05) is 11.6 Å². The largest absolute Gasteiger partial charge is 0.376 e. The summed E-state index contributed by atoms with van der Waals surface area (Å²) in [5.41, 5.74) is 1.08. The van der Waals surface area contributed by atoms with Crippen LogP contribution < -0.4 is 5.32 Å². The van der Waals surface area contributed by atoms with Crippen molar-refractivity contribution in [2.45, 2.75) is 19.4 Å². The third-order valence-corrected chi connectivity index (χ3v) is 3.34. The highest BCUT2D eigenvalue weighted by atomic mass is 35.5. The van der Waals surface area contributed by atoms with Crippen LogP contribution in [-0.4, -0.2) is 19.7 Å². The number of ether oxygens (including phenoxy) is 1. The molecule has 0 radical (unpaired) electrons.